The number of aliphatic hydroxyl groups excluding tert-OH is 1. The number of rotatable bonds is 3. The van der Waals surface area contributed by atoms with E-state index in [2.05, 4.69) is 33.9 Å². The summed E-state index contributed by atoms with van der Waals surface area (Å²) in [5.74, 6) is 2.44. The third kappa shape index (κ3) is 2.55. The van der Waals surface area contributed by atoms with Crippen molar-refractivity contribution in [3.63, 3.8) is 0 Å². The normalized spacial score (nSPS) is 20.1. The summed E-state index contributed by atoms with van der Waals surface area (Å²) in [6.45, 7) is 0.0962. The van der Waals surface area contributed by atoms with Gasteiger partial charge in [0.1, 0.15) is 0 Å². The van der Waals surface area contributed by atoms with Gasteiger partial charge in [-0.15, -0.1) is 0 Å². The third-order valence-corrected chi connectivity index (χ3v) is 4.68. The molecule has 1 fully saturated rings. The number of aliphatic hydroxyl groups is 1. The number of benzene rings is 1. The maximum absolute atomic E-state index is 9.38. The molecule has 4 heteroatoms. The molecule has 0 aromatic heterocycles. The molecule has 1 aromatic rings. The van der Waals surface area contributed by atoms with Gasteiger partial charge in [0.2, 0.25) is 0 Å². The number of halogens is 1. The monoisotopic (exact) mass is 301 g/mol. The highest BCUT2D eigenvalue weighted by atomic mass is 79.9. The number of thioether (sulfide) groups is 1. The fourth-order valence-corrected chi connectivity index (χ4v) is 3.73. The molecule has 1 saturated heterocycles. The van der Waals surface area contributed by atoms with Crippen molar-refractivity contribution < 1.29 is 5.11 Å². The Balaban J connectivity index is 2.24. The Bertz CT molecular complexity index is 366. The number of anilines is 1. The minimum absolute atomic E-state index is 0.0962. The van der Waals surface area contributed by atoms with E-state index in [1.165, 1.54) is 17.9 Å². The van der Waals surface area contributed by atoms with Crippen LogP contribution in [0.25, 0.3) is 0 Å². The van der Waals surface area contributed by atoms with E-state index in [1.54, 1.807) is 0 Å². The van der Waals surface area contributed by atoms with Crippen LogP contribution >= 0.6 is 27.7 Å². The lowest BCUT2D eigenvalue weighted by Gasteiger charge is -2.28. The summed E-state index contributed by atoms with van der Waals surface area (Å²) >= 11 is 5.44. The Morgan fingerprint density at radius 3 is 3.00 bits per heavy atom. The van der Waals surface area contributed by atoms with Crippen molar-refractivity contribution in [3.05, 3.63) is 28.2 Å². The van der Waals surface area contributed by atoms with Crippen LogP contribution in [0, 0.1) is 0 Å². The molecule has 0 amide bonds. The van der Waals surface area contributed by atoms with Crippen molar-refractivity contribution in [1.29, 1.82) is 0 Å². The van der Waals surface area contributed by atoms with Gasteiger partial charge < -0.3 is 10.0 Å². The largest absolute Gasteiger partial charge is 0.392 e. The van der Waals surface area contributed by atoms with Gasteiger partial charge in [0.05, 0.1) is 6.61 Å². The van der Waals surface area contributed by atoms with Gasteiger partial charge in [0.15, 0.2) is 0 Å². The average Bonchev–Trinajstić information content (AvgIpc) is 2.81. The summed E-state index contributed by atoms with van der Waals surface area (Å²) in [5, 5.41) is 9.38. The lowest BCUT2D eigenvalue weighted by atomic mass is 10.1. The summed E-state index contributed by atoms with van der Waals surface area (Å²) in [6, 6.07) is 6.72. The molecule has 0 bridgehead atoms. The van der Waals surface area contributed by atoms with Crippen LogP contribution in [0.3, 0.4) is 0 Å². The zero-order chi connectivity index (χ0) is 11.5. The van der Waals surface area contributed by atoms with Crippen molar-refractivity contribution in [2.45, 2.75) is 19.1 Å². The Hall–Kier alpha value is -0.190. The topological polar surface area (TPSA) is 23.5 Å². The lowest BCUT2D eigenvalue weighted by Crippen LogP contribution is -2.32. The second kappa shape index (κ2) is 5.43. The zero-order valence-electron chi connectivity index (χ0n) is 9.32. The molecule has 1 heterocycles. The summed E-state index contributed by atoms with van der Waals surface area (Å²) in [7, 11) is 2.12. The third-order valence-electron chi connectivity index (χ3n) is 3.05. The summed E-state index contributed by atoms with van der Waals surface area (Å²) in [6.07, 6.45) is 1.24. The van der Waals surface area contributed by atoms with Crippen LogP contribution in [0.1, 0.15) is 12.0 Å². The van der Waals surface area contributed by atoms with Gasteiger partial charge in [-0.25, -0.2) is 0 Å². The molecule has 1 aromatic carbocycles. The first-order valence-electron chi connectivity index (χ1n) is 5.42. The fourth-order valence-electron chi connectivity index (χ4n) is 2.05. The number of hydrogen-bond acceptors (Lipinski definition) is 3. The zero-order valence-corrected chi connectivity index (χ0v) is 11.7. The SMILES string of the molecule is CN(c1ccc(Br)cc1CO)C1CCSC1. The maximum atomic E-state index is 9.38. The van der Waals surface area contributed by atoms with E-state index in [0.717, 1.165) is 15.7 Å². The number of hydrogen-bond donors (Lipinski definition) is 1. The van der Waals surface area contributed by atoms with Crippen molar-refractivity contribution in [3.8, 4) is 0 Å². The summed E-state index contributed by atoms with van der Waals surface area (Å²) in [5.41, 5.74) is 2.15. The van der Waals surface area contributed by atoms with Crippen LogP contribution in [0.15, 0.2) is 22.7 Å². The smallest absolute Gasteiger partial charge is 0.0702 e. The average molecular weight is 302 g/mol. The highest BCUT2D eigenvalue weighted by Crippen LogP contribution is 2.29. The summed E-state index contributed by atoms with van der Waals surface area (Å²) in [4.78, 5) is 2.30. The molecule has 1 aliphatic rings. The highest BCUT2D eigenvalue weighted by molar-refractivity contribution is 9.10. The van der Waals surface area contributed by atoms with Crippen LogP contribution in [-0.2, 0) is 6.61 Å². The van der Waals surface area contributed by atoms with Crippen LogP contribution in [0.4, 0.5) is 5.69 Å². The highest BCUT2D eigenvalue weighted by Gasteiger charge is 2.21. The van der Waals surface area contributed by atoms with E-state index in [4.69, 9.17) is 0 Å². The first-order chi connectivity index (χ1) is 7.72. The predicted octanol–water partition coefficient (Wildman–Crippen LogP) is 2.88. The second-order valence-electron chi connectivity index (χ2n) is 4.06. The van der Waals surface area contributed by atoms with E-state index >= 15 is 0 Å². The molecule has 1 N–H and O–H groups in total. The van der Waals surface area contributed by atoms with Gasteiger partial charge in [-0.3, -0.25) is 0 Å². The predicted molar refractivity (Wildman–Crippen MR) is 74.2 cm³/mol. The van der Waals surface area contributed by atoms with Crippen molar-refractivity contribution in [2.75, 3.05) is 23.5 Å². The van der Waals surface area contributed by atoms with Gasteiger partial charge in [0, 0.05) is 34.6 Å². The van der Waals surface area contributed by atoms with Gasteiger partial charge in [-0.05, 0) is 30.4 Å². The van der Waals surface area contributed by atoms with Crippen LogP contribution < -0.4 is 4.90 Å². The Morgan fingerprint density at radius 1 is 1.56 bits per heavy atom. The van der Waals surface area contributed by atoms with Gasteiger partial charge in [-0.2, -0.15) is 11.8 Å². The molecule has 2 rings (SSSR count). The molecule has 16 heavy (non-hydrogen) atoms. The van der Waals surface area contributed by atoms with Crippen LogP contribution in [-0.4, -0.2) is 29.7 Å². The minimum atomic E-state index is 0.0962. The summed E-state index contributed by atoms with van der Waals surface area (Å²) < 4.78 is 1.02. The first kappa shape index (κ1) is 12.3. The van der Waals surface area contributed by atoms with E-state index in [9.17, 15) is 5.11 Å². The minimum Gasteiger partial charge on any atom is -0.392 e. The molecule has 0 saturated carbocycles. The van der Waals surface area contributed by atoms with Crippen molar-refractivity contribution >= 4 is 33.4 Å². The van der Waals surface area contributed by atoms with Crippen molar-refractivity contribution in [1.82, 2.24) is 0 Å². The van der Waals surface area contributed by atoms with Gasteiger partial charge >= 0.3 is 0 Å². The van der Waals surface area contributed by atoms with E-state index in [0.29, 0.717) is 6.04 Å². The standard InChI is InChI=1S/C12H16BrNOS/c1-14(11-4-5-16-8-11)12-3-2-10(13)6-9(12)7-15/h2-3,6,11,15H,4-5,7-8H2,1H3. The van der Waals surface area contributed by atoms with Gasteiger partial charge in [0.25, 0.3) is 0 Å². The molecular formula is C12H16BrNOS. The molecular weight excluding hydrogens is 286 g/mol. The number of nitrogens with zero attached hydrogens (tertiary/aromatic N) is 1. The molecule has 1 atom stereocenters. The quantitative estimate of drug-likeness (QED) is 0.929. The van der Waals surface area contributed by atoms with Crippen LogP contribution in [0.5, 0.6) is 0 Å². The Kier molecular flexibility index (Phi) is 4.16. The molecule has 0 aliphatic carbocycles. The maximum Gasteiger partial charge on any atom is 0.0702 e. The van der Waals surface area contributed by atoms with Gasteiger partial charge in [-0.1, -0.05) is 15.9 Å². The molecule has 0 spiro atoms. The molecule has 2 nitrogen and oxygen atoms in total. The van der Waals surface area contributed by atoms with Crippen LogP contribution in [0.2, 0.25) is 0 Å². The molecule has 1 aliphatic heterocycles. The van der Waals surface area contributed by atoms with E-state index in [-0.39, 0.29) is 6.61 Å². The molecule has 0 radical (unpaired) electrons. The van der Waals surface area contributed by atoms with E-state index < -0.39 is 0 Å². The van der Waals surface area contributed by atoms with Crippen molar-refractivity contribution in [2.24, 2.45) is 0 Å². The Morgan fingerprint density at radius 2 is 2.38 bits per heavy atom. The molecule has 1 unspecified atom stereocenters. The fraction of sp³-hybridized carbons (Fsp3) is 0.500. The molecule has 88 valence electrons. The van der Waals surface area contributed by atoms with E-state index in [1.807, 2.05) is 23.9 Å². The Labute approximate surface area is 109 Å². The first-order valence-corrected chi connectivity index (χ1v) is 7.37. The second-order valence-corrected chi connectivity index (χ2v) is 6.12. The lowest BCUT2D eigenvalue weighted by molar-refractivity contribution is 0.282.